The van der Waals surface area contributed by atoms with Crippen molar-refractivity contribution >= 4 is 17.3 Å². The zero-order chi connectivity index (χ0) is 10.4. The van der Waals surface area contributed by atoms with Gasteiger partial charge in [-0.15, -0.1) is 5.92 Å². The maximum absolute atomic E-state index is 8.93. The van der Waals surface area contributed by atoms with Gasteiger partial charge in [0.15, 0.2) is 0 Å². The van der Waals surface area contributed by atoms with Crippen molar-refractivity contribution in [1.82, 2.24) is 0 Å². The van der Waals surface area contributed by atoms with Crippen molar-refractivity contribution in [2.75, 3.05) is 11.9 Å². The van der Waals surface area contributed by atoms with E-state index in [1.807, 2.05) is 6.07 Å². The van der Waals surface area contributed by atoms with E-state index in [0.29, 0.717) is 11.6 Å². The molecule has 1 aromatic rings. The van der Waals surface area contributed by atoms with Gasteiger partial charge in [-0.05, 0) is 24.6 Å². The second-order valence-corrected chi connectivity index (χ2v) is 3.16. The molecule has 0 spiro atoms. The van der Waals surface area contributed by atoms with Crippen molar-refractivity contribution < 1.29 is 5.11 Å². The zero-order valence-corrected chi connectivity index (χ0v) is 8.73. The van der Waals surface area contributed by atoms with Crippen LogP contribution in [-0.2, 0) is 6.61 Å². The van der Waals surface area contributed by atoms with Gasteiger partial charge in [-0.2, -0.15) is 0 Å². The molecule has 0 unspecified atom stereocenters. The lowest BCUT2D eigenvalue weighted by molar-refractivity contribution is 0.282. The monoisotopic (exact) mass is 209 g/mol. The predicted octanol–water partition coefficient (Wildman–Crippen LogP) is 2.27. The molecule has 0 fully saturated rings. The van der Waals surface area contributed by atoms with E-state index in [2.05, 4.69) is 17.2 Å². The molecule has 2 nitrogen and oxygen atoms in total. The first-order valence-corrected chi connectivity index (χ1v) is 4.68. The third kappa shape index (κ3) is 2.95. The van der Waals surface area contributed by atoms with Crippen molar-refractivity contribution in [3.8, 4) is 11.8 Å². The van der Waals surface area contributed by atoms with E-state index < -0.39 is 0 Å². The van der Waals surface area contributed by atoms with Gasteiger partial charge in [-0.1, -0.05) is 23.6 Å². The summed E-state index contributed by atoms with van der Waals surface area (Å²) in [6.45, 7) is 2.36. The minimum Gasteiger partial charge on any atom is -0.392 e. The highest BCUT2D eigenvalue weighted by Crippen LogP contribution is 2.22. The first-order valence-electron chi connectivity index (χ1n) is 4.30. The molecule has 0 aliphatic carbocycles. The topological polar surface area (TPSA) is 32.3 Å². The number of rotatable bonds is 3. The van der Waals surface area contributed by atoms with Crippen LogP contribution in [0.4, 0.5) is 5.69 Å². The molecular weight excluding hydrogens is 198 g/mol. The Morgan fingerprint density at radius 2 is 2.29 bits per heavy atom. The Labute approximate surface area is 88.9 Å². The Hall–Kier alpha value is -1.17. The summed E-state index contributed by atoms with van der Waals surface area (Å²) in [5, 5.41) is 12.6. The highest BCUT2D eigenvalue weighted by molar-refractivity contribution is 6.33. The summed E-state index contributed by atoms with van der Waals surface area (Å²) in [5.74, 6) is 5.66. The lowest BCUT2D eigenvalue weighted by atomic mass is 10.2. The molecule has 1 aromatic carbocycles. The second kappa shape index (κ2) is 5.54. The lowest BCUT2D eigenvalue weighted by Gasteiger charge is -2.06. The number of hydrogen-bond acceptors (Lipinski definition) is 2. The molecule has 0 bridgehead atoms. The van der Waals surface area contributed by atoms with Gasteiger partial charge >= 0.3 is 0 Å². The Balaban J connectivity index is 2.76. The summed E-state index contributed by atoms with van der Waals surface area (Å²) in [5.41, 5.74) is 1.64. The van der Waals surface area contributed by atoms with Crippen molar-refractivity contribution in [1.29, 1.82) is 0 Å². The summed E-state index contributed by atoms with van der Waals surface area (Å²) in [4.78, 5) is 0. The van der Waals surface area contributed by atoms with Gasteiger partial charge in [0.1, 0.15) is 0 Å². The first kappa shape index (κ1) is 10.9. The first-order chi connectivity index (χ1) is 6.77. The fraction of sp³-hybridized carbons (Fsp3) is 0.273. The van der Waals surface area contributed by atoms with Crippen LogP contribution in [0.5, 0.6) is 0 Å². The normalized spacial score (nSPS) is 9.07. The number of aliphatic hydroxyl groups is 1. The molecule has 74 valence electrons. The molecule has 0 saturated heterocycles. The third-order valence-electron chi connectivity index (χ3n) is 1.76. The zero-order valence-electron chi connectivity index (χ0n) is 7.97. The second-order valence-electron chi connectivity index (χ2n) is 2.75. The molecular formula is C11H12ClNO. The molecule has 0 radical (unpaired) electrons. The van der Waals surface area contributed by atoms with Gasteiger partial charge in [-0.3, -0.25) is 0 Å². The molecule has 3 heteroatoms. The minimum absolute atomic E-state index is 0.0192. The number of nitrogens with one attached hydrogen (secondary N) is 1. The average Bonchev–Trinajstić information content (AvgIpc) is 2.21. The molecule has 0 saturated carbocycles. The van der Waals surface area contributed by atoms with Gasteiger partial charge in [0, 0.05) is 0 Å². The van der Waals surface area contributed by atoms with Crippen LogP contribution in [0.3, 0.4) is 0 Å². The lowest BCUT2D eigenvalue weighted by Crippen LogP contribution is -2.00. The van der Waals surface area contributed by atoms with Gasteiger partial charge in [-0.25, -0.2) is 0 Å². The van der Waals surface area contributed by atoms with E-state index in [9.17, 15) is 0 Å². The maximum Gasteiger partial charge on any atom is 0.0766 e. The van der Waals surface area contributed by atoms with Gasteiger partial charge < -0.3 is 10.4 Å². The van der Waals surface area contributed by atoms with Crippen LogP contribution in [0.15, 0.2) is 18.2 Å². The minimum atomic E-state index is 0.0192. The Bertz CT molecular complexity index is 365. The van der Waals surface area contributed by atoms with Crippen molar-refractivity contribution in [3.63, 3.8) is 0 Å². The number of anilines is 1. The van der Waals surface area contributed by atoms with E-state index in [4.69, 9.17) is 16.7 Å². The highest BCUT2D eigenvalue weighted by Gasteiger charge is 1.99. The summed E-state index contributed by atoms with van der Waals surface area (Å²) < 4.78 is 0. The summed E-state index contributed by atoms with van der Waals surface area (Å²) >= 11 is 5.94. The Morgan fingerprint density at radius 1 is 1.50 bits per heavy atom. The van der Waals surface area contributed by atoms with Crippen LogP contribution in [0, 0.1) is 11.8 Å². The smallest absolute Gasteiger partial charge is 0.0766 e. The van der Waals surface area contributed by atoms with Crippen LogP contribution < -0.4 is 5.32 Å². The molecule has 1 rings (SSSR count). The van der Waals surface area contributed by atoms with E-state index >= 15 is 0 Å². The van der Waals surface area contributed by atoms with Crippen LogP contribution in [0.25, 0.3) is 0 Å². The largest absolute Gasteiger partial charge is 0.392 e. The molecule has 14 heavy (non-hydrogen) atoms. The third-order valence-corrected chi connectivity index (χ3v) is 2.09. The molecule has 0 aromatic heterocycles. The van der Waals surface area contributed by atoms with Crippen molar-refractivity contribution in [2.24, 2.45) is 0 Å². The number of hydrogen-bond donors (Lipinski definition) is 2. The van der Waals surface area contributed by atoms with Crippen LogP contribution in [0.2, 0.25) is 5.02 Å². The fourth-order valence-electron chi connectivity index (χ4n) is 1.03. The van der Waals surface area contributed by atoms with Gasteiger partial charge in [0.05, 0.1) is 23.9 Å². The SMILES string of the molecule is CC#CCNc1cc(CO)ccc1Cl. The van der Waals surface area contributed by atoms with E-state index in [0.717, 1.165) is 11.3 Å². The molecule has 0 aliphatic heterocycles. The van der Waals surface area contributed by atoms with Crippen LogP contribution >= 0.6 is 11.6 Å². The van der Waals surface area contributed by atoms with E-state index in [1.165, 1.54) is 0 Å². The van der Waals surface area contributed by atoms with Crippen molar-refractivity contribution in [3.05, 3.63) is 28.8 Å². The molecule has 0 amide bonds. The van der Waals surface area contributed by atoms with Crippen LogP contribution in [-0.4, -0.2) is 11.7 Å². The standard InChI is InChI=1S/C11H12ClNO/c1-2-3-6-13-11-7-9(8-14)4-5-10(11)12/h4-5,7,13-14H,6,8H2,1H3. The quantitative estimate of drug-likeness (QED) is 0.749. The van der Waals surface area contributed by atoms with E-state index in [1.54, 1.807) is 19.1 Å². The van der Waals surface area contributed by atoms with Crippen LogP contribution in [0.1, 0.15) is 12.5 Å². The predicted molar refractivity (Wildman–Crippen MR) is 59.3 cm³/mol. The summed E-state index contributed by atoms with van der Waals surface area (Å²) in [6, 6.07) is 5.37. The highest BCUT2D eigenvalue weighted by atomic mass is 35.5. The molecule has 0 atom stereocenters. The van der Waals surface area contributed by atoms with Gasteiger partial charge in [0.25, 0.3) is 0 Å². The Kier molecular flexibility index (Phi) is 4.31. The summed E-state index contributed by atoms with van der Waals surface area (Å²) in [7, 11) is 0. The number of benzene rings is 1. The van der Waals surface area contributed by atoms with Crippen molar-refractivity contribution in [2.45, 2.75) is 13.5 Å². The fourth-order valence-corrected chi connectivity index (χ4v) is 1.22. The van der Waals surface area contributed by atoms with Gasteiger partial charge in [0.2, 0.25) is 0 Å². The molecule has 2 N–H and O–H groups in total. The maximum atomic E-state index is 8.93. The Morgan fingerprint density at radius 3 is 2.93 bits per heavy atom. The average molecular weight is 210 g/mol. The number of halogens is 1. The van der Waals surface area contributed by atoms with E-state index in [-0.39, 0.29) is 6.61 Å². The molecule has 0 aliphatic rings. The summed E-state index contributed by atoms with van der Waals surface area (Å²) in [6.07, 6.45) is 0. The number of aliphatic hydroxyl groups excluding tert-OH is 1. The molecule has 0 heterocycles.